The third-order valence-electron chi connectivity index (χ3n) is 6.16. The number of carbonyl (C=O) groups excluding carboxylic acids is 1. The minimum absolute atomic E-state index is 0.0111. The highest BCUT2D eigenvalue weighted by atomic mass is 35.5. The van der Waals surface area contributed by atoms with E-state index >= 15 is 0 Å². The number of rotatable bonds is 11. The van der Waals surface area contributed by atoms with Crippen LogP contribution in [0.4, 0.5) is 13.2 Å². The van der Waals surface area contributed by atoms with E-state index in [1.54, 1.807) is 13.1 Å². The number of allylic oxidation sites excluding steroid dienone is 3. The summed E-state index contributed by atoms with van der Waals surface area (Å²) in [5.41, 5.74) is -0.847. The predicted octanol–water partition coefficient (Wildman–Crippen LogP) is 4.80. The number of likely N-dealkylation sites (N-methyl/N-ethyl adjacent to an activating group) is 1. The summed E-state index contributed by atoms with van der Waals surface area (Å²) in [6.45, 7) is 4.06. The molecule has 1 saturated carbocycles. The fourth-order valence-electron chi connectivity index (χ4n) is 3.90. The molecule has 33 heavy (non-hydrogen) atoms. The number of hydrogen-bond acceptors (Lipinski definition) is 4. The molecule has 1 aliphatic carbocycles. The van der Waals surface area contributed by atoms with Gasteiger partial charge in [0, 0.05) is 43.2 Å². The van der Waals surface area contributed by atoms with Crippen molar-refractivity contribution in [1.82, 2.24) is 10.2 Å². The van der Waals surface area contributed by atoms with Gasteiger partial charge in [0.2, 0.25) is 5.91 Å². The summed E-state index contributed by atoms with van der Waals surface area (Å²) in [7, 11) is 5.25. The number of carbonyl (C=O) groups is 1. The Hall–Kier alpha value is -2.32. The molecule has 0 aromatic heterocycles. The Morgan fingerprint density at radius 3 is 2.58 bits per heavy atom. The van der Waals surface area contributed by atoms with Crippen molar-refractivity contribution in [2.24, 2.45) is 16.3 Å². The summed E-state index contributed by atoms with van der Waals surface area (Å²) in [4.78, 5) is 18.4. The van der Waals surface area contributed by atoms with E-state index in [1.807, 2.05) is 19.0 Å². The smallest absolute Gasteiger partial charge is 0.395 e. The van der Waals surface area contributed by atoms with E-state index in [4.69, 9.17) is 11.6 Å². The second-order valence-electron chi connectivity index (χ2n) is 8.65. The van der Waals surface area contributed by atoms with E-state index in [-0.39, 0.29) is 43.2 Å². The highest BCUT2D eigenvalue weighted by Crippen LogP contribution is 2.64. The van der Waals surface area contributed by atoms with Gasteiger partial charge < -0.3 is 15.3 Å². The van der Waals surface area contributed by atoms with Gasteiger partial charge in [-0.1, -0.05) is 35.9 Å². The molecule has 1 aromatic carbocycles. The number of benzene rings is 1. The average Bonchev–Trinajstić information content (AvgIpc) is 3.52. The van der Waals surface area contributed by atoms with Gasteiger partial charge in [0.05, 0.1) is 5.41 Å². The lowest BCUT2D eigenvalue weighted by Crippen LogP contribution is -2.43. The molecule has 0 spiro atoms. The first-order valence-electron chi connectivity index (χ1n) is 10.7. The van der Waals surface area contributed by atoms with E-state index < -0.39 is 23.4 Å². The topological polar surface area (TPSA) is 64.9 Å². The third kappa shape index (κ3) is 7.08. The lowest BCUT2D eigenvalue weighted by Gasteiger charge is -2.30. The molecule has 1 aromatic rings. The maximum absolute atomic E-state index is 13.8. The fraction of sp³-hybridized carbons (Fsp3) is 0.500. The van der Waals surface area contributed by atoms with Crippen molar-refractivity contribution in [1.29, 1.82) is 0 Å². The molecule has 0 unspecified atom stereocenters. The molecule has 0 radical (unpaired) electrons. The van der Waals surface area contributed by atoms with E-state index in [1.165, 1.54) is 30.5 Å². The number of phenolic OH excluding ortho intramolecular Hbond substituents is 1. The first kappa shape index (κ1) is 26.9. The molecule has 2 N–H and O–H groups in total. The van der Waals surface area contributed by atoms with Crippen LogP contribution in [0.5, 0.6) is 5.75 Å². The number of amides is 1. The Morgan fingerprint density at radius 1 is 1.39 bits per heavy atom. The highest BCUT2D eigenvalue weighted by Gasteiger charge is 2.67. The zero-order valence-electron chi connectivity index (χ0n) is 19.1. The van der Waals surface area contributed by atoms with Crippen LogP contribution in [0, 0.1) is 11.3 Å². The lowest BCUT2D eigenvalue weighted by atomic mass is 9.80. The van der Waals surface area contributed by atoms with Crippen molar-refractivity contribution >= 4 is 23.7 Å². The van der Waals surface area contributed by atoms with E-state index in [2.05, 4.69) is 16.9 Å². The molecule has 0 saturated heterocycles. The standard InChI is InChI=1S/C24H31ClF3N3O2/c1-16(6-5-11-29-2)20(23(9-10-23)24(26,27)28)14-22(33)30-15-18(31(3)4)12-17-7-8-19(32)13-21(17)25/h5-8,11,13,18,20,32H,1,9-10,12,14-15H2,2-4H3,(H,30,33)/b6-5-,29-11-/t18-,20-/m0/s1. The molecular weight excluding hydrogens is 455 g/mol. The summed E-state index contributed by atoms with van der Waals surface area (Å²) in [5, 5.41) is 12.7. The fourth-order valence-corrected chi connectivity index (χ4v) is 4.15. The van der Waals surface area contributed by atoms with Crippen LogP contribution in [0.2, 0.25) is 5.02 Å². The Kier molecular flexibility index (Phi) is 9.14. The molecule has 1 fully saturated rings. The van der Waals surface area contributed by atoms with Crippen LogP contribution in [0.3, 0.4) is 0 Å². The number of aliphatic imine (C=N–C) groups is 1. The zero-order valence-corrected chi connectivity index (χ0v) is 19.9. The normalized spacial score (nSPS) is 17.5. The van der Waals surface area contributed by atoms with Crippen LogP contribution in [0.15, 0.2) is 47.5 Å². The number of alkyl halides is 3. The number of halogens is 4. The second-order valence-corrected chi connectivity index (χ2v) is 9.06. The maximum atomic E-state index is 13.8. The van der Waals surface area contributed by atoms with Gasteiger partial charge in [-0.3, -0.25) is 9.79 Å². The number of hydrogen-bond donors (Lipinski definition) is 2. The monoisotopic (exact) mass is 485 g/mol. The van der Waals surface area contributed by atoms with Crippen LogP contribution < -0.4 is 5.32 Å². The molecule has 0 heterocycles. The maximum Gasteiger partial charge on any atom is 0.395 e. The Morgan fingerprint density at radius 2 is 2.06 bits per heavy atom. The molecule has 1 aliphatic rings. The quantitative estimate of drug-likeness (QED) is 0.349. The van der Waals surface area contributed by atoms with E-state index in [9.17, 15) is 23.1 Å². The highest BCUT2D eigenvalue weighted by molar-refractivity contribution is 6.31. The van der Waals surface area contributed by atoms with Crippen molar-refractivity contribution in [3.05, 3.63) is 53.1 Å². The second kappa shape index (κ2) is 11.2. The van der Waals surface area contributed by atoms with E-state index in [0.717, 1.165) is 5.56 Å². The van der Waals surface area contributed by atoms with Gasteiger partial charge in [0.15, 0.2) is 0 Å². The molecule has 5 nitrogen and oxygen atoms in total. The summed E-state index contributed by atoms with van der Waals surface area (Å²) in [6.07, 6.45) is 0.252. The van der Waals surface area contributed by atoms with Crippen molar-refractivity contribution in [3.63, 3.8) is 0 Å². The minimum Gasteiger partial charge on any atom is -0.508 e. The largest absolute Gasteiger partial charge is 0.508 e. The van der Waals surface area contributed by atoms with Gasteiger partial charge in [0.25, 0.3) is 0 Å². The van der Waals surface area contributed by atoms with Gasteiger partial charge in [-0.15, -0.1) is 0 Å². The predicted molar refractivity (Wildman–Crippen MR) is 126 cm³/mol. The Balaban J connectivity index is 2.09. The molecule has 0 bridgehead atoms. The van der Waals surface area contributed by atoms with Gasteiger partial charge >= 0.3 is 6.18 Å². The van der Waals surface area contributed by atoms with Crippen molar-refractivity contribution in [3.8, 4) is 5.75 Å². The lowest BCUT2D eigenvalue weighted by molar-refractivity contribution is -0.199. The van der Waals surface area contributed by atoms with Gasteiger partial charge in [-0.2, -0.15) is 13.2 Å². The third-order valence-corrected chi connectivity index (χ3v) is 6.51. The minimum atomic E-state index is -4.41. The number of nitrogens with one attached hydrogen (secondary N) is 1. The number of aromatic hydroxyl groups is 1. The SMILES string of the molecule is C=C(/C=C\C=N/C)[C@H](CC(=O)NC[C@H](Cc1ccc(O)cc1Cl)N(C)C)C1(C(F)(F)F)CC1. The van der Waals surface area contributed by atoms with E-state index in [0.29, 0.717) is 11.4 Å². The molecule has 2 rings (SSSR count). The van der Waals surface area contributed by atoms with Crippen LogP contribution in [-0.4, -0.2) is 62.0 Å². The molecule has 9 heteroatoms. The average molecular weight is 486 g/mol. The first-order valence-corrected chi connectivity index (χ1v) is 11.0. The Bertz CT molecular complexity index is 909. The van der Waals surface area contributed by atoms with Crippen LogP contribution >= 0.6 is 11.6 Å². The Labute approximate surface area is 198 Å². The van der Waals surface area contributed by atoms with Gasteiger partial charge in [0.1, 0.15) is 5.75 Å². The van der Waals surface area contributed by atoms with Gasteiger partial charge in [-0.25, -0.2) is 0 Å². The summed E-state index contributed by atoms with van der Waals surface area (Å²) >= 11 is 6.20. The molecule has 0 aliphatic heterocycles. The molecule has 182 valence electrons. The number of phenols is 1. The van der Waals surface area contributed by atoms with Crippen LogP contribution in [0.1, 0.15) is 24.8 Å². The molecule has 1 amide bonds. The summed E-state index contributed by atoms with van der Waals surface area (Å²) in [6, 6.07) is 4.55. The first-order chi connectivity index (χ1) is 15.4. The van der Waals surface area contributed by atoms with Crippen molar-refractivity contribution in [2.75, 3.05) is 27.7 Å². The molecule has 2 atom stereocenters. The van der Waals surface area contributed by atoms with Crippen molar-refractivity contribution < 1.29 is 23.1 Å². The van der Waals surface area contributed by atoms with Crippen LogP contribution in [-0.2, 0) is 11.2 Å². The van der Waals surface area contributed by atoms with Crippen LogP contribution in [0.25, 0.3) is 0 Å². The molecular formula is C24H31ClF3N3O2. The number of nitrogens with zero attached hydrogens (tertiary/aromatic N) is 2. The van der Waals surface area contributed by atoms with Gasteiger partial charge in [-0.05, 0) is 57.1 Å². The summed E-state index contributed by atoms with van der Waals surface area (Å²) < 4.78 is 41.4. The zero-order chi connectivity index (χ0) is 24.8. The summed E-state index contributed by atoms with van der Waals surface area (Å²) in [5.74, 6) is -1.44. The van der Waals surface area contributed by atoms with Crippen molar-refractivity contribution in [2.45, 2.75) is 37.9 Å².